The number of amides is 1. The molecule has 1 aromatic rings. The summed E-state index contributed by atoms with van der Waals surface area (Å²) >= 11 is 0. The van der Waals surface area contributed by atoms with Crippen LogP contribution < -0.4 is 5.32 Å². The summed E-state index contributed by atoms with van der Waals surface area (Å²) in [7, 11) is 0. The summed E-state index contributed by atoms with van der Waals surface area (Å²) in [4.78, 5) is 24.2. The monoisotopic (exact) mass is 509 g/mol. The summed E-state index contributed by atoms with van der Waals surface area (Å²) in [5.74, 6) is 3.26. The summed E-state index contributed by atoms with van der Waals surface area (Å²) < 4.78 is 0. The zero-order chi connectivity index (χ0) is 26.5. The third-order valence-electron chi connectivity index (χ3n) is 11.9. The fourth-order valence-corrected chi connectivity index (χ4v) is 9.73. The van der Waals surface area contributed by atoms with Crippen molar-refractivity contribution in [3.05, 3.63) is 29.8 Å². The maximum absolute atomic E-state index is 12.7. The van der Waals surface area contributed by atoms with Crippen LogP contribution in [-0.2, 0) is 4.79 Å². The average Bonchev–Trinajstić information content (AvgIpc) is 3.23. The third-order valence-corrected chi connectivity index (χ3v) is 11.9. The van der Waals surface area contributed by atoms with E-state index in [0.29, 0.717) is 47.5 Å². The van der Waals surface area contributed by atoms with Gasteiger partial charge in [0, 0.05) is 17.7 Å². The van der Waals surface area contributed by atoms with E-state index in [1.54, 1.807) is 31.2 Å². The van der Waals surface area contributed by atoms with E-state index in [2.05, 4.69) is 26.1 Å². The number of ketones is 1. The Morgan fingerprint density at radius 3 is 2.43 bits per heavy atom. The number of aliphatic hydroxyl groups is 2. The molecule has 0 aliphatic heterocycles. The minimum absolute atomic E-state index is 0.0112. The van der Waals surface area contributed by atoms with Gasteiger partial charge >= 0.3 is 0 Å². The van der Waals surface area contributed by atoms with Crippen LogP contribution in [0.4, 0.5) is 5.69 Å². The van der Waals surface area contributed by atoms with Crippen LogP contribution in [0.25, 0.3) is 0 Å². The molecule has 4 fully saturated rings. The number of fused-ring (bicyclic) bond motifs is 5. The van der Waals surface area contributed by atoms with E-state index in [9.17, 15) is 19.8 Å². The van der Waals surface area contributed by atoms with E-state index in [1.165, 1.54) is 19.3 Å². The lowest BCUT2D eigenvalue weighted by Gasteiger charge is -2.62. The predicted octanol–water partition coefficient (Wildman–Crippen LogP) is 6.23. The number of benzene rings is 1. The Morgan fingerprint density at radius 1 is 1.00 bits per heavy atom. The highest BCUT2D eigenvalue weighted by Gasteiger charge is 2.63. The SMILES string of the molecule is CC(=O)c1ccc(NC(=O)CCC(C)[C@H]2CCC3C4CCC5C[C@H](O)CC[C@]5(C)C4C[C@H](O)[C@@]32C)cc1. The molecule has 5 heteroatoms. The van der Waals surface area contributed by atoms with Gasteiger partial charge in [-0.1, -0.05) is 20.8 Å². The van der Waals surface area contributed by atoms with Crippen LogP contribution in [0.2, 0.25) is 0 Å². The molecule has 5 unspecified atom stereocenters. The van der Waals surface area contributed by atoms with Crippen LogP contribution in [0.5, 0.6) is 0 Å². The first-order valence-corrected chi connectivity index (χ1v) is 14.8. The van der Waals surface area contributed by atoms with Crippen molar-refractivity contribution < 1.29 is 19.8 Å². The van der Waals surface area contributed by atoms with Crippen molar-refractivity contribution >= 4 is 17.4 Å². The van der Waals surface area contributed by atoms with Crippen LogP contribution in [0.15, 0.2) is 24.3 Å². The number of rotatable bonds is 6. The number of Topliss-reactive ketones (excluding diaryl/α,β-unsaturated/α-hetero) is 1. The lowest BCUT2D eigenvalue weighted by molar-refractivity contribution is -0.174. The highest BCUT2D eigenvalue weighted by molar-refractivity contribution is 5.95. The second-order valence-corrected chi connectivity index (χ2v) is 13.6. The Balaban J connectivity index is 1.22. The fraction of sp³-hybridized carbons (Fsp3) is 0.750. The minimum atomic E-state index is -0.287. The molecule has 0 heterocycles. The Hall–Kier alpha value is -1.72. The minimum Gasteiger partial charge on any atom is -0.393 e. The van der Waals surface area contributed by atoms with Gasteiger partial charge in [-0.2, -0.15) is 0 Å². The molecule has 0 saturated heterocycles. The molecule has 0 radical (unpaired) electrons. The standard InChI is InChI=1S/C32H47NO4/c1-19(5-14-30(37)33-23-9-6-21(7-10-23)20(2)34)26-12-13-27-25-11-8-22-17-24(35)15-16-31(22,3)28(25)18-29(36)32(26,27)4/h6-7,9-10,19,22,24-29,35-36H,5,8,11-18H2,1-4H3,(H,33,37)/t19?,22?,24-,25?,26-,27?,28?,29+,31+,32-/m1/s1. The normalized spacial score (nSPS) is 41.7. The van der Waals surface area contributed by atoms with E-state index >= 15 is 0 Å². The van der Waals surface area contributed by atoms with E-state index in [1.807, 2.05) is 0 Å². The molecule has 0 bridgehead atoms. The molecule has 4 aliphatic rings. The Bertz CT molecular complexity index is 1010. The number of anilines is 1. The zero-order valence-electron chi connectivity index (χ0n) is 23.2. The second kappa shape index (κ2) is 10.1. The van der Waals surface area contributed by atoms with Gasteiger partial charge in [-0.05, 0) is 135 Å². The van der Waals surface area contributed by atoms with Crippen molar-refractivity contribution in [1.29, 1.82) is 0 Å². The third kappa shape index (κ3) is 4.69. The van der Waals surface area contributed by atoms with Gasteiger partial charge in [-0.25, -0.2) is 0 Å². The van der Waals surface area contributed by atoms with E-state index in [0.717, 1.165) is 44.2 Å². The van der Waals surface area contributed by atoms with Gasteiger partial charge in [0.2, 0.25) is 5.91 Å². The molecular weight excluding hydrogens is 462 g/mol. The molecule has 3 N–H and O–H groups in total. The summed E-state index contributed by atoms with van der Waals surface area (Å²) in [5.41, 5.74) is 1.56. The molecule has 4 aliphatic carbocycles. The maximum atomic E-state index is 12.7. The molecule has 37 heavy (non-hydrogen) atoms. The molecule has 10 atom stereocenters. The Labute approximate surface area is 222 Å². The van der Waals surface area contributed by atoms with Crippen molar-refractivity contribution in [3.8, 4) is 0 Å². The lowest BCUT2D eigenvalue weighted by Crippen LogP contribution is -2.58. The van der Waals surface area contributed by atoms with Gasteiger partial charge in [0.1, 0.15) is 0 Å². The maximum Gasteiger partial charge on any atom is 0.224 e. The Morgan fingerprint density at radius 2 is 1.73 bits per heavy atom. The van der Waals surface area contributed by atoms with Crippen LogP contribution in [0.3, 0.4) is 0 Å². The van der Waals surface area contributed by atoms with Gasteiger partial charge in [0.15, 0.2) is 5.78 Å². The summed E-state index contributed by atoms with van der Waals surface area (Å²) in [5, 5.41) is 25.0. The largest absolute Gasteiger partial charge is 0.393 e. The summed E-state index contributed by atoms with van der Waals surface area (Å²) in [6.45, 7) is 8.66. The van der Waals surface area contributed by atoms with E-state index in [4.69, 9.17) is 0 Å². The number of nitrogens with one attached hydrogen (secondary N) is 1. The number of hydrogen-bond acceptors (Lipinski definition) is 4. The van der Waals surface area contributed by atoms with Gasteiger partial charge in [-0.3, -0.25) is 9.59 Å². The van der Waals surface area contributed by atoms with Gasteiger partial charge in [0.05, 0.1) is 12.2 Å². The predicted molar refractivity (Wildman–Crippen MR) is 146 cm³/mol. The van der Waals surface area contributed by atoms with Crippen molar-refractivity contribution in [2.24, 2.45) is 46.3 Å². The second-order valence-electron chi connectivity index (χ2n) is 13.6. The number of carbonyl (C=O) groups excluding carboxylic acids is 2. The first-order valence-electron chi connectivity index (χ1n) is 14.8. The van der Waals surface area contributed by atoms with E-state index in [-0.39, 0.29) is 34.7 Å². The van der Waals surface area contributed by atoms with Crippen LogP contribution in [-0.4, -0.2) is 34.1 Å². The van der Waals surface area contributed by atoms with Crippen LogP contribution >= 0.6 is 0 Å². The smallest absolute Gasteiger partial charge is 0.224 e. The Kier molecular flexibility index (Phi) is 7.34. The van der Waals surface area contributed by atoms with Crippen LogP contribution in [0, 0.1) is 46.3 Å². The molecule has 0 spiro atoms. The van der Waals surface area contributed by atoms with Crippen molar-refractivity contribution in [1.82, 2.24) is 0 Å². The molecule has 5 rings (SSSR count). The molecule has 4 saturated carbocycles. The molecular formula is C32H47NO4. The highest BCUT2D eigenvalue weighted by atomic mass is 16.3. The van der Waals surface area contributed by atoms with E-state index < -0.39 is 0 Å². The number of aliphatic hydroxyl groups excluding tert-OH is 2. The lowest BCUT2D eigenvalue weighted by atomic mass is 9.43. The van der Waals surface area contributed by atoms with Crippen molar-refractivity contribution in [2.45, 2.75) is 104 Å². The molecule has 1 aromatic carbocycles. The molecule has 204 valence electrons. The fourth-order valence-electron chi connectivity index (χ4n) is 9.73. The summed E-state index contributed by atoms with van der Waals surface area (Å²) in [6, 6.07) is 7.08. The van der Waals surface area contributed by atoms with Crippen molar-refractivity contribution in [2.75, 3.05) is 5.32 Å². The average molecular weight is 510 g/mol. The summed E-state index contributed by atoms with van der Waals surface area (Å²) in [6.07, 6.45) is 9.55. The first-order chi connectivity index (χ1) is 17.5. The highest BCUT2D eigenvalue weighted by Crippen LogP contribution is 2.68. The van der Waals surface area contributed by atoms with Gasteiger partial charge in [-0.15, -0.1) is 0 Å². The molecule has 5 nitrogen and oxygen atoms in total. The number of hydrogen-bond donors (Lipinski definition) is 3. The van der Waals surface area contributed by atoms with Gasteiger partial charge in [0.25, 0.3) is 0 Å². The zero-order valence-corrected chi connectivity index (χ0v) is 23.2. The van der Waals surface area contributed by atoms with Gasteiger partial charge < -0.3 is 15.5 Å². The quantitative estimate of drug-likeness (QED) is 0.397. The van der Waals surface area contributed by atoms with Crippen LogP contribution in [0.1, 0.15) is 102 Å². The first kappa shape index (κ1) is 26.9. The topological polar surface area (TPSA) is 86.6 Å². The molecule has 1 amide bonds. The number of carbonyl (C=O) groups is 2. The van der Waals surface area contributed by atoms with Crippen molar-refractivity contribution in [3.63, 3.8) is 0 Å². The molecule has 0 aromatic heterocycles.